The van der Waals surface area contributed by atoms with E-state index in [0.717, 1.165) is 37.9 Å². The first-order chi connectivity index (χ1) is 21.6. The number of hydrogen-bond donors (Lipinski definition) is 0. The predicted molar refractivity (Wildman–Crippen MR) is 180 cm³/mol. The molecule has 1 saturated heterocycles. The van der Waals surface area contributed by atoms with Gasteiger partial charge in [-0.2, -0.15) is 0 Å². The minimum Gasteiger partial charge on any atom is -0.444 e. The SMILES string of the molecule is CC(C)(C)OC(=O)N1CCC(c2ccc(CSc3nc4ccc([N+](=O)[O-])cc4s3)cc2)C(OCc2ccc3ccccc3c2)C1. The Bertz CT molecular complexity index is 1830. The zero-order valence-electron chi connectivity index (χ0n) is 25.5. The number of carbonyl (C=O) groups excluding carboxylic acids is 1. The Hall–Kier alpha value is -3.99. The molecule has 5 aromatic rings. The third kappa shape index (κ3) is 7.64. The second-order valence-corrected chi connectivity index (χ2v) is 14.5. The van der Waals surface area contributed by atoms with Crippen LogP contribution in [0.3, 0.4) is 0 Å². The van der Waals surface area contributed by atoms with E-state index in [4.69, 9.17) is 9.47 Å². The van der Waals surface area contributed by atoms with Gasteiger partial charge in [0.1, 0.15) is 5.60 Å². The molecular weight excluding hydrogens is 607 g/mol. The summed E-state index contributed by atoms with van der Waals surface area (Å²) < 4.78 is 14.0. The van der Waals surface area contributed by atoms with Crippen molar-refractivity contribution < 1.29 is 19.2 Å². The van der Waals surface area contributed by atoms with Crippen molar-refractivity contribution in [3.05, 3.63) is 112 Å². The molecule has 0 saturated carbocycles. The van der Waals surface area contributed by atoms with Gasteiger partial charge in [-0.05, 0) is 66.8 Å². The summed E-state index contributed by atoms with van der Waals surface area (Å²) in [5.41, 5.74) is 3.73. The smallest absolute Gasteiger partial charge is 0.410 e. The van der Waals surface area contributed by atoms with Gasteiger partial charge in [0.25, 0.3) is 5.69 Å². The second-order valence-electron chi connectivity index (χ2n) is 12.3. The van der Waals surface area contributed by atoms with Gasteiger partial charge in [-0.25, -0.2) is 9.78 Å². The molecule has 4 aromatic carbocycles. The summed E-state index contributed by atoms with van der Waals surface area (Å²) in [5, 5.41) is 13.5. The van der Waals surface area contributed by atoms with Gasteiger partial charge in [-0.1, -0.05) is 72.4 Å². The van der Waals surface area contributed by atoms with E-state index in [1.165, 1.54) is 33.7 Å². The fraction of sp³-hybridized carbons (Fsp3) is 0.314. The summed E-state index contributed by atoms with van der Waals surface area (Å²) in [5.74, 6) is 0.868. The maximum Gasteiger partial charge on any atom is 0.410 e. The number of fused-ring (bicyclic) bond motifs is 2. The molecule has 1 aliphatic heterocycles. The third-order valence-corrected chi connectivity index (χ3v) is 10.1. The number of rotatable bonds is 8. The molecule has 0 radical (unpaired) electrons. The molecule has 232 valence electrons. The molecule has 1 aliphatic rings. The van der Waals surface area contributed by atoms with Crippen LogP contribution in [-0.2, 0) is 21.8 Å². The Kier molecular flexibility index (Phi) is 9.07. The van der Waals surface area contributed by atoms with Crippen LogP contribution in [-0.4, -0.2) is 45.7 Å². The summed E-state index contributed by atoms with van der Waals surface area (Å²) in [6.07, 6.45) is 0.273. The number of non-ortho nitro benzene ring substituents is 1. The Morgan fingerprint density at radius 3 is 2.53 bits per heavy atom. The van der Waals surface area contributed by atoms with Crippen LogP contribution in [0.15, 0.2) is 89.3 Å². The summed E-state index contributed by atoms with van der Waals surface area (Å²) >= 11 is 3.10. The number of nitro benzene ring substituents is 1. The standard InChI is InChI=1S/C35H35N3O5S2/c1-35(2,3)43-34(39)37-17-16-29(31(20-37)42-21-24-10-11-25-6-4-5-7-27(25)18-24)26-12-8-23(9-13-26)22-44-33-36-30-15-14-28(38(40)41)19-32(30)45-33/h4-15,18-19,29,31H,16-17,20-22H2,1-3H3. The lowest BCUT2D eigenvalue weighted by molar-refractivity contribution is -0.384. The molecule has 0 spiro atoms. The lowest BCUT2D eigenvalue weighted by Gasteiger charge is -2.39. The average Bonchev–Trinajstić information content (AvgIpc) is 3.44. The quantitative estimate of drug-likeness (QED) is 0.0948. The van der Waals surface area contributed by atoms with Crippen molar-refractivity contribution in [2.75, 3.05) is 13.1 Å². The van der Waals surface area contributed by atoms with E-state index in [1.807, 2.05) is 32.9 Å². The van der Waals surface area contributed by atoms with Crippen LogP contribution < -0.4 is 0 Å². The van der Waals surface area contributed by atoms with E-state index < -0.39 is 5.60 Å². The summed E-state index contributed by atoms with van der Waals surface area (Å²) in [6.45, 7) is 7.16. The van der Waals surface area contributed by atoms with Crippen LogP contribution in [0.5, 0.6) is 0 Å². The highest BCUT2D eigenvalue weighted by molar-refractivity contribution is 8.00. The number of benzene rings is 4. The maximum absolute atomic E-state index is 13.0. The number of carbonyl (C=O) groups is 1. The van der Waals surface area contributed by atoms with Crippen LogP contribution in [0.1, 0.15) is 49.8 Å². The molecule has 1 amide bonds. The Balaban J connectivity index is 1.14. The van der Waals surface area contributed by atoms with Crippen LogP contribution in [0, 0.1) is 10.1 Å². The van der Waals surface area contributed by atoms with Gasteiger partial charge < -0.3 is 14.4 Å². The monoisotopic (exact) mass is 641 g/mol. The van der Waals surface area contributed by atoms with Gasteiger partial charge >= 0.3 is 6.09 Å². The lowest BCUT2D eigenvalue weighted by Crippen LogP contribution is -2.48. The molecule has 1 aromatic heterocycles. The van der Waals surface area contributed by atoms with Gasteiger partial charge in [0.2, 0.25) is 0 Å². The molecule has 2 unspecified atom stereocenters. The van der Waals surface area contributed by atoms with Crippen molar-refractivity contribution in [1.29, 1.82) is 0 Å². The van der Waals surface area contributed by atoms with Crippen molar-refractivity contribution in [1.82, 2.24) is 9.88 Å². The number of nitro groups is 1. The Morgan fingerprint density at radius 1 is 1.02 bits per heavy atom. The third-order valence-electron chi connectivity index (χ3n) is 7.82. The van der Waals surface area contributed by atoms with E-state index in [2.05, 4.69) is 59.6 Å². The summed E-state index contributed by atoms with van der Waals surface area (Å²) in [4.78, 5) is 30.1. The van der Waals surface area contributed by atoms with Gasteiger partial charge in [-0.15, -0.1) is 11.3 Å². The van der Waals surface area contributed by atoms with Crippen molar-refractivity contribution in [2.24, 2.45) is 0 Å². The minimum absolute atomic E-state index is 0.0785. The number of ether oxygens (including phenoxy) is 2. The first kappa shape index (κ1) is 31.0. The van der Waals surface area contributed by atoms with E-state index in [9.17, 15) is 14.9 Å². The van der Waals surface area contributed by atoms with Gasteiger partial charge in [-0.3, -0.25) is 10.1 Å². The Labute approximate surface area is 270 Å². The molecule has 0 N–H and O–H groups in total. The van der Waals surface area contributed by atoms with Crippen molar-refractivity contribution in [2.45, 2.75) is 61.5 Å². The lowest BCUT2D eigenvalue weighted by atomic mass is 9.86. The molecule has 45 heavy (non-hydrogen) atoms. The van der Waals surface area contributed by atoms with E-state index in [-0.39, 0.29) is 28.7 Å². The van der Waals surface area contributed by atoms with Gasteiger partial charge in [0.15, 0.2) is 4.34 Å². The van der Waals surface area contributed by atoms with Crippen molar-refractivity contribution in [3.63, 3.8) is 0 Å². The topological polar surface area (TPSA) is 94.8 Å². The first-order valence-electron chi connectivity index (χ1n) is 15.0. The largest absolute Gasteiger partial charge is 0.444 e. The number of nitrogens with zero attached hydrogens (tertiary/aromatic N) is 3. The highest BCUT2D eigenvalue weighted by atomic mass is 32.2. The number of hydrogen-bond acceptors (Lipinski definition) is 8. The van der Waals surface area contributed by atoms with E-state index in [0.29, 0.717) is 19.7 Å². The minimum atomic E-state index is -0.563. The second kappa shape index (κ2) is 13.2. The Morgan fingerprint density at radius 2 is 1.78 bits per heavy atom. The summed E-state index contributed by atoms with van der Waals surface area (Å²) in [7, 11) is 0. The number of thiazole rings is 1. The maximum atomic E-state index is 13.0. The molecular formula is C35H35N3O5S2. The highest BCUT2D eigenvalue weighted by Crippen LogP contribution is 2.35. The zero-order valence-corrected chi connectivity index (χ0v) is 27.1. The average molecular weight is 642 g/mol. The first-order valence-corrected chi connectivity index (χ1v) is 16.8. The molecule has 10 heteroatoms. The van der Waals surface area contributed by atoms with E-state index >= 15 is 0 Å². The summed E-state index contributed by atoms with van der Waals surface area (Å²) in [6, 6.07) is 28.1. The number of likely N-dealkylation sites (tertiary alicyclic amines) is 1. The normalized spacial score (nSPS) is 17.1. The van der Waals surface area contributed by atoms with Crippen LogP contribution in [0.2, 0.25) is 0 Å². The molecule has 2 heterocycles. The number of amides is 1. The number of piperidine rings is 1. The molecule has 2 atom stereocenters. The van der Waals surface area contributed by atoms with Gasteiger partial charge in [0.05, 0.1) is 34.4 Å². The van der Waals surface area contributed by atoms with Crippen molar-refractivity contribution >= 4 is 55.9 Å². The number of thioether (sulfide) groups is 1. The zero-order chi connectivity index (χ0) is 31.6. The predicted octanol–water partition coefficient (Wildman–Crippen LogP) is 8.96. The fourth-order valence-corrected chi connectivity index (χ4v) is 7.62. The molecule has 8 nitrogen and oxygen atoms in total. The van der Waals surface area contributed by atoms with Crippen LogP contribution in [0.4, 0.5) is 10.5 Å². The van der Waals surface area contributed by atoms with Crippen LogP contribution in [0.25, 0.3) is 21.0 Å². The molecule has 0 bridgehead atoms. The van der Waals surface area contributed by atoms with Crippen molar-refractivity contribution in [3.8, 4) is 0 Å². The molecule has 0 aliphatic carbocycles. The van der Waals surface area contributed by atoms with Gasteiger partial charge in [0, 0.05) is 30.3 Å². The highest BCUT2D eigenvalue weighted by Gasteiger charge is 2.35. The fourth-order valence-electron chi connectivity index (χ4n) is 5.56. The molecule has 1 fully saturated rings. The van der Waals surface area contributed by atoms with E-state index in [1.54, 1.807) is 28.8 Å². The van der Waals surface area contributed by atoms with Crippen LogP contribution >= 0.6 is 23.1 Å². The number of aromatic nitrogens is 1. The molecule has 6 rings (SSSR count).